The largest absolute Gasteiger partial charge is 0.388 e. The summed E-state index contributed by atoms with van der Waals surface area (Å²) >= 11 is 1.13. The maximum Gasteiger partial charge on any atom is 0.231 e. The Morgan fingerprint density at radius 3 is 2.80 bits per heavy atom. The highest BCUT2D eigenvalue weighted by molar-refractivity contribution is 7.92. The van der Waals surface area contributed by atoms with Crippen molar-refractivity contribution in [1.82, 2.24) is 10.3 Å². The number of sulfonamides is 1. The second-order valence-electron chi connectivity index (χ2n) is 5.05. The van der Waals surface area contributed by atoms with Gasteiger partial charge in [0.05, 0.1) is 24.0 Å². The van der Waals surface area contributed by atoms with Crippen molar-refractivity contribution in [3.8, 4) is 0 Å². The Labute approximate surface area is 121 Å². The minimum atomic E-state index is -3.35. The van der Waals surface area contributed by atoms with E-state index in [4.69, 9.17) is 0 Å². The van der Waals surface area contributed by atoms with E-state index in [1.165, 1.54) is 0 Å². The molecular weight excluding hydrogens is 302 g/mol. The fraction of sp³-hybridized carbons (Fsp3) is 0.636. The predicted octanol–water partition coefficient (Wildman–Crippen LogP) is 0.0883. The molecule has 0 bridgehead atoms. The minimum absolute atomic E-state index is 0.0675. The molecule has 20 heavy (non-hydrogen) atoms. The number of thiazole rings is 1. The highest BCUT2D eigenvalue weighted by Gasteiger charge is 2.34. The molecule has 0 unspecified atom stereocenters. The van der Waals surface area contributed by atoms with Crippen molar-refractivity contribution in [2.45, 2.75) is 31.3 Å². The van der Waals surface area contributed by atoms with Gasteiger partial charge in [-0.05, 0) is 19.3 Å². The number of rotatable bonds is 6. The first-order valence-electron chi connectivity index (χ1n) is 6.17. The van der Waals surface area contributed by atoms with Gasteiger partial charge in [0.15, 0.2) is 5.13 Å². The molecule has 9 heteroatoms. The van der Waals surface area contributed by atoms with E-state index < -0.39 is 15.6 Å². The molecule has 0 atom stereocenters. The number of hydrogen-bond acceptors (Lipinski definition) is 6. The van der Waals surface area contributed by atoms with Crippen LogP contribution in [0.15, 0.2) is 5.38 Å². The van der Waals surface area contributed by atoms with E-state index in [9.17, 15) is 18.3 Å². The van der Waals surface area contributed by atoms with Crippen LogP contribution in [0, 0.1) is 0 Å². The fourth-order valence-corrected chi connectivity index (χ4v) is 3.41. The van der Waals surface area contributed by atoms with Gasteiger partial charge in [0.2, 0.25) is 15.9 Å². The van der Waals surface area contributed by atoms with Gasteiger partial charge in [-0.15, -0.1) is 11.3 Å². The molecule has 1 aliphatic rings. The third-order valence-electron chi connectivity index (χ3n) is 3.07. The first kappa shape index (κ1) is 15.2. The summed E-state index contributed by atoms with van der Waals surface area (Å²) in [4.78, 5) is 15.7. The summed E-state index contributed by atoms with van der Waals surface area (Å²) in [6, 6.07) is 0. The third-order valence-corrected chi connectivity index (χ3v) is 4.56. The van der Waals surface area contributed by atoms with Crippen LogP contribution < -0.4 is 10.0 Å². The zero-order chi connectivity index (χ0) is 14.8. The number of aromatic nitrogens is 1. The Bertz CT molecular complexity index is 593. The lowest BCUT2D eigenvalue weighted by Crippen LogP contribution is -2.48. The quantitative estimate of drug-likeness (QED) is 0.688. The van der Waals surface area contributed by atoms with E-state index in [-0.39, 0.29) is 24.0 Å². The highest BCUT2D eigenvalue weighted by atomic mass is 32.2. The monoisotopic (exact) mass is 319 g/mol. The summed E-state index contributed by atoms with van der Waals surface area (Å²) in [5.41, 5.74) is -0.250. The summed E-state index contributed by atoms with van der Waals surface area (Å²) in [6.07, 6.45) is 3.52. The van der Waals surface area contributed by atoms with Crippen molar-refractivity contribution in [2.75, 3.05) is 17.5 Å². The molecule has 3 N–H and O–H groups in total. The van der Waals surface area contributed by atoms with E-state index >= 15 is 0 Å². The first-order valence-corrected chi connectivity index (χ1v) is 8.94. The molecule has 1 heterocycles. The number of carbonyl (C=O) groups excluding carboxylic acids is 1. The maximum absolute atomic E-state index is 11.7. The molecule has 0 spiro atoms. The molecule has 112 valence electrons. The van der Waals surface area contributed by atoms with Crippen LogP contribution in [0.25, 0.3) is 0 Å². The van der Waals surface area contributed by atoms with Gasteiger partial charge < -0.3 is 10.4 Å². The fourth-order valence-electron chi connectivity index (χ4n) is 1.85. The third kappa shape index (κ3) is 4.43. The number of carbonyl (C=O) groups is 1. The summed E-state index contributed by atoms with van der Waals surface area (Å²) in [7, 11) is -3.35. The smallest absolute Gasteiger partial charge is 0.231 e. The van der Waals surface area contributed by atoms with Gasteiger partial charge in [0, 0.05) is 11.9 Å². The van der Waals surface area contributed by atoms with Gasteiger partial charge in [-0.25, -0.2) is 13.4 Å². The Balaban J connectivity index is 1.82. The van der Waals surface area contributed by atoms with Crippen LogP contribution in [0.3, 0.4) is 0 Å². The molecule has 1 amide bonds. The number of amides is 1. The van der Waals surface area contributed by atoms with Gasteiger partial charge in [0.1, 0.15) is 0 Å². The van der Waals surface area contributed by atoms with Crippen molar-refractivity contribution in [2.24, 2.45) is 0 Å². The summed E-state index contributed by atoms with van der Waals surface area (Å²) < 4.78 is 24.3. The molecule has 0 saturated heterocycles. The second-order valence-corrected chi connectivity index (χ2v) is 7.66. The second kappa shape index (κ2) is 5.66. The lowest BCUT2D eigenvalue weighted by Gasteiger charge is -2.36. The number of hydrogen-bond donors (Lipinski definition) is 3. The zero-order valence-electron chi connectivity index (χ0n) is 11.0. The topological polar surface area (TPSA) is 108 Å². The number of aliphatic hydroxyl groups is 1. The van der Waals surface area contributed by atoms with E-state index in [0.29, 0.717) is 18.5 Å². The highest BCUT2D eigenvalue weighted by Crippen LogP contribution is 2.30. The van der Waals surface area contributed by atoms with E-state index in [1.807, 2.05) is 0 Å². The molecule has 1 aromatic heterocycles. The molecule has 2 rings (SSSR count). The molecule has 1 aromatic rings. The molecule has 1 fully saturated rings. The molecule has 0 radical (unpaired) electrons. The van der Waals surface area contributed by atoms with Gasteiger partial charge in [-0.1, -0.05) is 0 Å². The zero-order valence-corrected chi connectivity index (χ0v) is 12.7. The van der Waals surface area contributed by atoms with Crippen LogP contribution in [0.2, 0.25) is 0 Å². The average molecular weight is 319 g/mol. The Kier molecular flexibility index (Phi) is 4.31. The maximum atomic E-state index is 11.7. The Morgan fingerprint density at radius 1 is 1.55 bits per heavy atom. The van der Waals surface area contributed by atoms with Gasteiger partial charge in [-0.3, -0.25) is 9.52 Å². The van der Waals surface area contributed by atoms with Crippen LogP contribution in [0.4, 0.5) is 5.13 Å². The van der Waals surface area contributed by atoms with Crippen LogP contribution in [-0.4, -0.2) is 42.8 Å². The van der Waals surface area contributed by atoms with E-state index in [2.05, 4.69) is 15.0 Å². The standard InChI is InChI=1S/C11H17N3O4S2/c1-20(17,18)14-10-13-8(6-19-10)5-9(15)12-7-11(16)3-2-4-11/h6,16H,2-5,7H2,1H3,(H,12,15)(H,13,14). The molecule has 1 saturated carbocycles. The lowest BCUT2D eigenvalue weighted by molar-refractivity contribution is -0.122. The Hall–Kier alpha value is -1.19. The number of nitrogens with one attached hydrogen (secondary N) is 2. The van der Waals surface area contributed by atoms with Crippen LogP contribution in [0.5, 0.6) is 0 Å². The SMILES string of the molecule is CS(=O)(=O)Nc1nc(CC(=O)NCC2(O)CCC2)cs1. The molecular formula is C11H17N3O4S2. The Morgan fingerprint density at radius 2 is 2.25 bits per heavy atom. The number of nitrogens with zero attached hydrogens (tertiary/aromatic N) is 1. The summed E-state index contributed by atoms with van der Waals surface area (Å²) in [6.45, 7) is 0.254. The van der Waals surface area contributed by atoms with E-state index in [1.54, 1.807) is 5.38 Å². The van der Waals surface area contributed by atoms with E-state index in [0.717, 1.165) is 24.0 Å². The van der Waals surface area contributed by atoms with Crippen LogP contribution in [0.1, 0.15) is 25.0 Å². The molecule has 0 aromatic carbocycles. The predicted molar refractivity (Wildman–Crippen MR) is 76.1 cm³/mol. The van der Waals surface area contributed by atoms with Crippen LogP contribution in [-0.2, 0) is 21.2 Å². The minimum Gasteiger partial charge on any atom is -0.388 e. The van der Waals surface area contributed by atoms with Gasteiger partial charge in [0.25, 0.3) is 0 Å². The molecule has 0 aliphatic heterocycles. The lowest BCUT2D eigenvalue weighted by atomic mass is 9.80. The van der Waals surface area contributed by atoms with Crippen molar-refractivity contribution in [3.63, 3.8) is 0 Å². The van der Waals surface area contributed by atoms with Gasteiger partial charge in [-0.2, -0.15) is 0 Å². The first-order chi connectivity index (χ1) is 9.26. The van der Waals surface area contributed by atoms with Gasteiger partial charge >= 0.3 is 0 Å². The molecule has 1 aliphatic carbocycles. The summed E-state index contributed by atoms with van der Waals surface area (Å²) in [5.74, 6) is -0.235. The number of anilines is 1. The average Bonchev–Trinajstić information content (AvgIpc) is 2.68. The van der Waals surface area contributed by atoms with Crippen molar-refractivity contribution >= 4 is 32.4 Å². The molecule has 7 nitrogen and oxygen atoms in total. The van der Waals surface area contributed by atoms with Crippen molar-refractivity contribution in [1.29, 1.82) is 0 Å². The summed E-state index contributed by atoms with van der Waals surface area (Å²) in [5, 5.41) is 14.4. The normalized spacial score (nSPS) is 17.3. The van der Waals surface area contributed by atoms with Crippen LogP contribution >= 0.6 is 11.3 Å². The van der Waals surface area contributed by atoms with Crippen molar-refractivity contribution < 1.29 is 18.3 Å². The van der Waals surface area contributed by atoms with Crippen molar-refractivity contribution in [3.05, 3.63) is 11.1 Å².